The smallest absolute Gasteiger partial charge is 0.251 e. The van der Waals surface area contributed by atoms with Crippen LogP contribution in [-0.2, 0) is 9.59 Å². The van der Waals surface area contributed by atoms with E-state index >= 15 is 0 Å². The Labute approximate surface area is 188 Å². The summed E-state index contributed by atoms with van der Waals surface area (Å²) in [6.07, 6.45) is 2.22. The third-order valence-corrected chi connectivity index (χ3v) is 7.02. The quantitative estimate of drug-likeness (QED) is 0.656. The maximum absolute atomic E-state index is 13.2. The largest absolute Gasteiger partial charge is 0.355 e. The van der Waals surface area contributed by atoms with Crippen molar-refractivity contribution in [2.75, 3.05) is 26.7 Å². The van der Waals surface area contributed by atoms with Gasteiger partial charge in [0, 0.05) is 38.3 Å². The first-order valence-electron chi connectivity index (χ1n) is 11.2. The Balaban J connectivity index is 1.41. The Morgan fingerprint density at radius 2 is 2.16 bits per heavy atom. The van der Waals surface area contributed by atoms with Crippen molar-refractivity contribution < 1.29 is 14.4 Å². The van der Waals surface area contributed by atoms with E-state index < -0.39 is 12.1 Å². The zero-order valence-corrected chi connectivity index (χ0v) is 18.5. The van der Waals surface area contributed by atoms with E-state index in [2.05, 4.69) is 11.4 Å². The van der Waals surface area contributed by atoms with E-state index in [1.165, 1.54) is 0 Å². The summed E-state index contributed by atoms with van der Waals surface area (Å²) < 4.78 is 0. The number of fused-ring (bicyclic) bond motifs is 2. The lowest BCUT2D eigenvalue weighted by molar-refractivity contribution is -0.140. The van der Waals surface area contributed by atoms with Crippen LogP contribution in [0.5, 0.6) is 0 Å². The Morgan fingerprint density at radius 1 is 1.38 bits per heavy atom. The highest BCUT2D eigenvalue weighted by molar-refractivity contribution is 5.94. The number of carbonyl (C=O) groups is 3. The second-order valence-corrected chi connectivity index (χ2v) is 8.91. The molecule has 0 aliphatic carbocycles. The number of piperazine rings is 1. The molecular formula is C23H30N6O3. The number of nitrogens with one attached hydrogen (secondary N) is 1. The molecular weight excluding hydrogens is 408 g/mol. The number of nitrogens with zero attached hydrogens (tertiary/aromatic N) is 4. The lowest BCUT2D eigenvalue weighted by Crippen LogP contribution is -2.56. The second kappa shape index (κ2) is 8.88. The molecule has 3 N–H and O–H groups in total. The first-order valence-corrected chi connectivity index (χ1v) is 11.2. The van der Waals surface area contributed by atoms with Crippen LogP contribution in [0.4, 0.5) is 0 Å². The molecule has 4 rings (SSSR count). The van der Waals surface area contributed by atoms with Crippen LogP contribution in [0.25, 0.3) is 0 Å². The highest BCUT2D eigenvalue weighted by Gasteiger charge is 2.51. The van der Waals surface area contributed by atoms with Gasteiger partial charge < -0.3 is 20.9 Å². The number of likely N-dealkylation sites (tertiary alicyclic amines) is 3. The van der Waals surface area contributed by atoms with Crippen LogP contribution in [0.2, 0.25) is 0 Å². The molecule has 170 valence electrons. The summed E-state index contributed by atoms with van der Waals surface area (Å²) in [5.41, 5.74) is 7.70. The third kappa shape index (κ3) is 3.85. The summed E-state index contributed by atoms with van der Waals surface area (Å²) in [5, 5.41) is 11.9. The van der Waals surface area contributed by atoms with Crippen LogP contribution < -0.4 is 11.1 Å². The molecule has 4 unspecified atom stereocenters. The molecule has 2 bridgehead atoms. The van der Waals surface area contributed by atoms with E-state index in [1.807, 2.05) is 34.9 Å². The van der Waals surface area contributed by atoms with Gasteiger partial charge in [-0.1, -0.05) is 12.1 Å². The number of rotatable bonds is 6. The van der Waals surface area contributed by atoms with Crippen LogP contribution in [0.3, 0.4) is 0 Å². The van der Waals surface area contributed by atoms with E-state index in [9.17, 15) is 19.6 Å². The summed E-state index contributed by atoms with van der Waals surface area (Å²) in [6.45, 7) is 3.53. The molecule has 9 nitrogen and oxygen atoms in total. The first-order chi connectivity index (χ1) is 15.3. The third-order valence-electron chi connectivity index (χ3n) is 7.02. The first kappa shape index (κ1) is 22.2. The molecule has 3 amide bonds. The van der Waals surface area contributed by atoms with Gasteiger partial charge in [-0.3, -0.25) is 19.3 Å². The maximum Gasteiger partial charge on any atom is 0.251 e. The molecule has 3 heterocycles. The highest BCUT2D eigenvalue weighted by atomic mass is 16.2. The second-order valence-electron chi connectivity index (χ2n) is 8.91. The molecule has 3 saturated heterocycles. The Bertz CT molecular complexity index is 959. The van der Waals surface area contributed by atoms with Gasteiger partial charge in [0.2, 0.25) is 11.8 Å². The number of nitriles is 1. The molecule has 5 atom stereocenters. The van der Waals surface area contributed by atoms with Crippen molar-refractivity contribution in [1.29, 1.82) is 5.26 Å². The SMILES string of the molecule is CNC(=O)c1cccc(C(C)N2C(=O)C3C[C@H]2CN3CC(N)C(=O)N2CCCC2C#N)c1. The summed E-state index contributed by atoms with van der Waals surface area (Å²) >= 11 is 0. The molecule has 3 aliphatic rings. The van der Waals surface area contributed by atoms with Crippen molar-refractivity contribution >= 4 is 17.7 Å². The van der Waals surface area contributed by atoms with E-state index in [4.69, 9.17) is 5.73 Å². The van der Waals surface area contributed by atoms with Crippen molar-refractivity contribution in [1.82, 2.24) is 20.0 Å². The fraction of sp³-hybridized carbons (Fsp3) is 0.565. The van der Waals surface area contributed by atoms with Crippen molar-refractivity contribution in [3.8, 4) is 6.07 Å². The van der Waals surface area contributed by atoms with Gasteiger partial charge in [0.25, 0.3) is 5.91 Å². The summed E-state index contributed by atoms with van der Waals surface area (Å²) in [4.78, 5) is 43.4. The van der Waals surface area contributed by atoms with Crippen LogP contribution in [-0.4, -0.2) is 83.3 Å². The lowest BCUT2D eigenvalue weighted by Gasteiger charge is -2.38. The minimum atomic E-state index is -0.744. The molecule has 0 saturated carbocycles. The van der Waals surface area contributed by atoms with Crippen LogP contribution in [0.15, 0.2) is 24.3 Å². The van der Waals surface area contributed by atoms with Gasteiger partial charge in [-0.05, 0) is 43.9 Å². The van der Waals surface area contributed by atoms with Gasteiger partial charge in [0.05, 0.1) is 24.2 Å². The summed E-state index contributed by atoms with van der Waals surface area (Å²) in [7, 11) is 1.59. The molecule has 9 heteroatoms. The van der Waals surface area contributed by atoms with E-state index in [0.29, 0.717) is 38.0 Å². The van der Waals surface area contributed by atoms with E-state index in [0.717, 1.165) is 12.0 Å². The molecule has 0 radical (unpaired) electrons. The summed E-state index contributed by atoms with van der Waals surface area (Å²) in [6, 6.07) is 8.00. The Kier molecular flexibility index (Phi) is 6.17. The van der Waals surface area contributed by atoms with Crippen LogP contribution in [0, 0.1) is 11.3 Å². The van der Waals surface area contributed by atoms with Crippen LogP contribution in [0.1, 0.15) is 48.1 Å². The average molecular weight is 439 g/mol. The number of hydrogen-bond donors (Lipinski definition) is 2. The van der Waals surface area contributed by atoms with E-state index in [-0.39, 0.29) is 35.8 Å². The van der Waals surface area contributed by atoms with Gasteiger partial charge in [0.15, 0.2) is 0 Å². The van der Waals surface area contributed by atoms with Crippen molar-refractivity contribution in [2.45, 2.75) is 56.4 Å². The van der Waals surface area contributed by atoms with Crippen molar-refractivity contribution in [2.24, 2.45) is 5.73 Å². The Morgan fingerprint density at radius 3 is 2.84 bits per heavy atom. The van der Waals surface area contributed by atoms with Crippen LogP contribution >= 0.6 is 0 Å². The van der Waals surface area contributed by atoms with Crippen molar-refractivity contribution in [3.63, 3.8) is 0 Å². The number of amides is 3. The minimum Gasteiger partial charge on any atom is -0.355 e. The number of carbonyl (C=O) groups excluding carboxylic acids is 3. The fourth-order valence-corrected chi connectivity index (χ4v) is 5.35. The molecule has 1 aromatic rings. The number of hydrogen-bond acceptors (Lipinski definition) is 6. The minimum absolute atomic E-state index is 0.0369. The standard InChI is InChI=1S/C23H30N6O3/c1-14(15-5-3-6-16(9-15)21(30)26-2)29-18-10-20(23(29)32)27(12-18)13-19(25)22(31)28-8-4-7-17(28)11-24/h3,5-6,9,14,17-20H,4,7-8,10,12-13,25H2,1-2H3,(H,26,30)/t14?,17?,18-,19?,20?/m0/s1. The molecule has 0 spiro atoms. The lowest BCUT2D eigenvalue weighted by atomic mass is 10.0. The zero-order chi connectivity index (χ0) is 23.0. The van der Waals surface area contributed by atoms with Gasteiger partial charge in [-0.25, -0.2) is 0 Å². The summed E-state index contributed by atoms with van der Waals surface area (Å²) in [5.74, 6) is -0.329. The Hall–Kier alpha value is -2.96. The molecule has 3 aliphatic heterocycles. The maximum atomic E-state index is 13.2. The molecule has 32 heavy (non-hydrogen) atoms. The van der Waals surface area contributed by atoms with Gasteiger partial charge in [-0.2, -0.15) is 5.26 Å². The van der Waals surface area contributed by atoms with E-state index in [1.54, 1.807) is 18.0 Å². The molecule has 1 aromatic carbocycles. The van der Waals surface area contributed by atoms with Gasteiger partial charge in [0.1, 0.15) is 6.04 Å². The highest BCUT2D eigenvalue weighted by Crippen LogP contribution is 2.38. The topological polar surface area (TPSA) is 123 Å². The van der Waals surface area contributed by atoms with Gasteiger partial charge >= 0.3 is 0 Å². The van der Waals surface area contributed by atoms with Crippen molar-refractivity contribution in [3.05, 3.63) is 35.4 Å². The number of nitrogens with two attached hydrogens (primary N) is 1. The monoisotopic (exact) mass is 438 g/mol. The normalized spacial score (nSPS) is 26.8. The fourth-order valence-electron chi connectivity index (χ4n) is 5.35. The number of benzene rings is 1. The predicted octanol–water partition coefficient (Wildman–Crippen LogP) is 0.234. The van der Waals surface area contributed by atoms with Gasteiger partial charge in [-0.15, -0.1) is 0 Å². The molecule has 0 aromatic heterocycles. The average Bonchev–Trinajstić information content (AvgIpc) is 3.52. The molecule has 3 fully saturated rings. The predicted molar refractivity (Wildman–Crippen MR) is 117 cm³/mol. The zero-order valence-electron chi connectivity index (χ0n) is 18.5.